The first kappa shape index (κ1) is 45.9. The normalized spacial score (nSPS) is 22.9. The third-order valence-electron chi connectivity index (χ3n) is 8.85. The Morgan fingerprint density at radius 2 is 1.24 bits per heavy atom. The maximum absolute atomic E-state index is 12.8. The van der Waals surface area contributed by atoms with Crippen LogP contribution < -0.4 is 5.32 Å². The first-order valence-electron chi connectivity index (χ1n) is 19.5. The zero-order chi connectivity index (χ0) is 36.7. The molecule has 0 aliphatic carbocycles. The van der Waals surface area contributed by atoms with Gasteiger partial charge in [-0.1, -0.05) is 139 Å². The minimum absolute atomic E-state index is 0.196. The summed E-state index contributed by atoms with van der Waals surface area (Å²) in [6.07, 6.45) is 33.3. The molecule has 288 valence electrons. The predicted octanol–water partition coefficient (Wildman–Crippen LogP) is 6.88. The fraction of sp³-hybridized carbons (Fsp3) is 0.732. The van der Waals surface area contributed by atoms with Crippen molar-refractivity contribution >= 4 is 5.91 Å². The van der Waals surface area contributed by atoms with Gasteiger partial charge in [-0.15, -0.1) is 0 Å². The van der Waals surface area contributed by atoms with E-state index in [0.29, 0.717) is 6.42 Å². The zero-order valence-electron chi connectivity index (χ0n) is 31.1. The van der Waals surface area contributed by atoms with Gasteiger partial charge in [0, 0.05) is 6.42 Å². The van der Waals surface area contributed by atoms with Gasteiger partial charge in [-0.25, -0.2) is 0 Å². The van der Waals surface area contributed by atoms with Crippen LogP contribution in [0.4, 0.5) is 0 Å². The Morgan fingerprint density at radius 3 is 1.82 bits per heavy atom. The molecule has 1 fully saturated rings. The van der Waals surface area contributed by atoms with Gasteiger partial charge in [0.1, 0.15) is 24.4 Å². The lowest BCUT2D eigenvalue weighted by Gasteiger charge is -2.40. The minimum atomic E-state index is -1.56. The van der Waals surface area contributed by atoms with Gasteiger partial charge < -0.3 is 40.3 Å². The summed E-state index contributed by atoms with van der Waals surface area (Å²) < 4.78 is 11.0. The summed E-state index contributed by atoms with van der Waals surface area (Å²) >= 11 is 0. The molecule has 1 aliphatic heterocycles. The van der Waals surface area contributed by atoms with Gasteiger partial charge in [0.25, 0.3) is 0 Å². The molecule has 0 aromatic rings. The second-order valence-corrected chi connectivity index (χ2v) is 13.3. The van der Waals surface area contributed by atoms with E-state index in [2.05, 4.69) is 67.8 Å². The predicted molar refractivity (Wildman–Crippen MR) is 202 cm³/mol. The molecule has 50 heavy (non-hydrogen) atoms. The van der Waals surface area contributed by atoms with Crippen LogP contribution in [0.3, 0.4) is 0 Å². The first-order chi connectivity index (χ1) is 24.3. The van der Waals surface area contributed by atoms with Gasteiger partial charge in [-0.05, 0) is 51.4 Å². The summed E-state index contributed by atoms with van der Waals surface area (Å²) in [5.41, 5.74) is 0. The molecule has 0 aromatic heterocycles. The molecule has 0 aromatic carbocycles. The van der Waals surface area contributed by atoms with Crippen molar-refractivity contribution in [1.82, 2.24) is 5.32 Å². The van der Waals surface area contributed by atoms with Crippen LogP contribution in [-0.4, -0.2) is 87.5 Å². The Balaban J connectivity index is 2.19. The van der Waals surface area contributed by atoms with Crippen molar-refractivity contribution in [1.29, 1.82) is 0 Å². The number of unbranched alkanes of at least 4 members (excludes halogenated alkanes) is 12. The standard InChI is InChI=1S/C41H71NO8/c1-3-5-7-9-10-11-12-13-14-15-16-17-18-19-20-21-22-23-24-25-26-27-29-31-37(45)42-34(35(44)30-28-8-6-4-2)33-49-41-40(48)39(47)38(46)36(32-43)50-41/h5,7,10-11,13-14,16-17,28,30,34-36,38-41,43-44,46-48H,3-4,6,8-9,12,15,18-27,29,31-33H2,1-2H3,(H,42,45)/b7-5-,11-10-,14-13-,17-16-,30-28+. The fourth-order valence-corrected chi connectivity index (χ4v) is 5.66. The van der Waals surface area contributed by atoms with Crippen molar-refractivity contribution in [2.45, 2.75) is 179 Å². The average Bonchev–Trinajstić information content (AvgIpc) is 3.11. The molecule has 1 heterocycles. The monoisotopic (exact) mass is 706 g/mol. The maximum Gasteiger partial charge on any atom is 0.220 e. The number of hydrogen-bond donors (Lipinski definition) is 6. The smallest absolute Gasteiger partial charge is 0.220 e. The second-order valence-electron chi connectivity index (χ2n) is 13.3. The molecular weight excluding hydrogens is 634 g/mol. The number of aliphatic hydroxyl groups is 5. The third kappa shape index (κ3) is 22.7. The molecule has 6 N–H and O–H groups in total. The summed E-state index contributed by atoms with van der Waals surface area (Å²) in [6, 6.07) is -0.804. The van der Waals surface area contributed by atoms with E-state index in [1.165, 1.54) is 44.9 Å². The van der Waals surface area contributed by atoms with Crippen LogP contribution >= 0.6 is 0 Å². The molecule has 0 spiro atoms. The average molecular weight is 706 g/mol. The first-order valence-corrected chi connectivity index (χ1v) is 19.5. The van der Waals surface area contributed by atoms with Gasteiger partial charge in [0.05, 0.1) is 25.4 Å². The van der Waals surface area contributed by atoms with E-state index in [9.17, 15) is 30.3 Å². The van der Waals surface area contributed by atoms with E-state index in [-0.39, 0.29) is 12.5 Å². The van der Waals surface area contributed by atoms with Crippen LogP contribution in [0.15, 0.2) is 60.8 Å². The molecule has 9 nitrogen and oxygen atoms in total. The van der Waals surface area contributed by atoms with Crippen molar-refractivity contribution in [2.24, 2.45) is 0 Å². The molecule has 1 rings (SSSR count). The Morgan fingerprint density at radius 1 is 0.700 bits per heavy atom. The lowest BCUT2D eigenvalue weighted by molar-refractivity contribution is -0.302. The van der Waals surface area contributed by atoms with Crippen molar-refractivity contribution in [3.63, 3.8) is 0 Å². The van der Waals surface area contributed by atoms with Gasteiger partial charge in [-0.2, -0.15) is 0 Å². The van der Waals surface area contributed by atoms with Gasteiger partial charge >= 0.3 is 0 Å². The lowest BCUT2D eigenvalue weighted by atomic mass is 9.99. The molecule has 0 saturated carbocycles. The van der Waals surface area contributed by atoms with Crippen LogP contribution in [0.5, 0.6) is 0 Å². The van der Waals surface area contributed by atoms with Crippen LogP contribution in [0.25, 0.3) is 0 Å². The third-order valence-corrected chi connectivity index (χ3v) is 8.85. The van der Waals surface area contributed by atoms with Crippen LogP contribution in [-0.2, 0) is 14.3 Å². The van der Waals surface area contributed by atoms with Crippen molar-refractivity contribution in [3.05, 3.63) is 60.8 Å². The van der Waals surface area contributed by atoms with E-state index in [1.807, 2.05) is 6.08 Å². The lowest BCUT2D eigenvalue weighted by Crippen LogP contribution is -2.60. The SMILES string of the molecule is CC/C=C\C/C=C\C/C=C\C/C=C\CCCCCCCCCCCCC(=O)NC(COC1OC(CO)C(O)C(O)C1O)C(O)/C=C/CCCC. The molecule has 9 heteroatoms. The summed E-state index contributed by atoms with van der Waals surface area (Å²) in [6.45, 7) is 3.47. The number of hydrogen-bond acceptors (Lipinski definition) is 8. The zero-order valence-corrected chi connectivity index (χ0v) is 31.1. The van der Waals surface area contributed by atoms with E-state index in [1.54, 1.807) is 6.08 Å². The molecule has 7 atom stereocenters. The molecule has 1 saturated heterocycles. The molecule has 1 amide bonds. The summed E-state index contributed by atoms with van der Waals surface area (Å²) in [5, 5.41) is 53.4. The number of amides is 1. The van der Waals surface area contributed by atoms with E-state index in [0.717, 1.165) is 70.6 Å². The fourth-order valence-electron chi connectivity index (χ4n) is 5.66. The Labute approximate surface area is 303 Å². The van der Waals surface area contributed by atoms with Gasteiger partial charge in [-0.3, -0.25) is 4.79 Å². The summed E-state index contributed by atoms with van der Waals surface area (Å²) in [5.74, 6) is -0.196. The van der Waals surface area contributed by atoms with Gasteiger partial charge in [0.15, 0.2) is 6.29 Å². The van der Waals surface area contributed by atoms with Crippen molar-refractivity contribution in [3.8, 4) is 0 Å². The molecular formula is C41H71NO8. The second kappa shape index (κ2) is 31.6. The minimum Gasteiger partial charge on any atom is -0.394 e. The largest absolute Gasteiger partial charge is 0.394 e. The van der Waals surface area contributed by atoms with Gasteiger partial charge in [0.2, 0.25) is 5.91 Å². The Hall–Kier alpha value is -2.11. The van der Waals surface area contributed by atoms with Crippen molar-refractivity contribution < 1.29 is 39.8 Å². The highest BCUT2D eigenvalue weighted by molar-refractivity contribution is 5.76. The number of nitrogens with one attached hydrogen (secondary N) is 1. The number of carbonyl (C=O) groups is 1. The number of carbonyl (C=O) groups excluding carboxylic acids is 1. The van der Waals surface area contributed by atoms with E-state index >= 15 is 0 Å². The Bertz CT molecular complexity index is 962. The van der Waals surface area contributed by atoms with Crippen molar-refractivity contribution in [2.75, 3.05) is 13.2 Å². The van der Waals surface area contributed by atoms with Crippen LogP contribution in [0.2, 0.25) is 0 Å². The highest BCUT2D eigenvalue weighted by Gasteiger charge is 2.44. The molecule has 7 unspecified atom stereocenters. The molecule has 0 radical (unpaired) electrons. The van der Waals surface area contributed by atoms with Crippen LogP contribution in [0.1, 0.15) is 136 Å². The number of aliphatic hydroxyl groups excluding tert-OH is 5. The Kier molecular flexibility index (Phi) is 29.0. The molecule has 1 aliphatic rings. The van der Waals surface area contributed by atoms with Crippen LogP contribution in [0, 0.1) is 0 Å². The highest BCUT2D eigenvalue weighted by Crippen LogP contribution is 2.22. The number of allylic oxidation sites excluding steroid dienone is 9. The highest BCUT2D eigenvalue weighted by atomic mass is 16.7. The summed E-state index contributed by atoms with van der Waals surface area (Å²) in [4.78, 5) is 12.8. The number of ether oxygens (including phenoxy) is 2. The topological polar surface area (TPSA) is 149 Å². The summed E-state index contributed by atoms with van der Waals surface area (Å²) in [7, 11) is 0. The number of rotatable bonds is 30. The quantitative estimate of drug-likeness (QED) is 0.0350. The van der Waals surface area contributed by atoms with E-state index < -0.39 is 49.5 Å². The maximum atomic E-state index is 12.8. The van der Waals surface area contributed by atoms with E-state index in [4.69, 9.17) is 9.47 Å². The molecule has 0 bridgehead atoms.